The van der Waals surface area contributed by atoms with Crippen molar-refractivity contribution in [1.29, 1.82) is 0 Å². The third-order valence-electron chi connectivity index (χ3n) is 3.87. The molecule has 0 aromatic carbocycles. The number of carbonyl (C=O) groups excluding carboxylic acids is 1. The van der Waals surface area contributed by atoms with Crippen molar-refractivity contribution in [2.24, 2.45) is 23.5 Å². The van der Waals surface area contributed by atoms with Gasteiger partial charge in [-0.15, -0.1) is 0 Å². The minimum atomic E-state index is -0.947. The molecule has 0 spiro atoms. The summed E-state index contributed by atoms with van der Waals surface area (Å²) in [5, 5.41) is 11.8. The maximum absolute atomic E-state index is 12.1. The Labute approximate surface area is 114 Å². The Morgan fingerprint density at radius 2 is 1.84 bits per heavy atom. The van der Waals surface area contributed by atoms with Crippen LogP contribution in [0.25, 0.3) is 0 Å². The van der Waals surface area contributed by atoms with Crippen molar-refractivity contribution < 1.29 is 14.7 Å². The van der Waals surface area contributed by atoms with E-state index in [-0.39, 0.29) is 17.7 Å². The first-order valence-electron chi connectivity index (χ1n) is 7.17. The van der Waals surface area contributed by atoms with Crippen LogP contribution in [0.4, 0.5) is 0 Å². The molecule has 0 aromatic heterocycles. The van der Waals surface area contributed by atoms with Gasteiger partial charge in [-0.1, -0.05) is 13.8 Å². The van der Waals surface area contributed by atoms with E-state index in [1.807, 2.05) is 13.8 Å². The average Bonchev–Trinajstić information content (AvgIpc) is 2.37. The van der Waals surface area contributed by atoms with E-state index in [9.17, 15) is 9.59 Å². The number of carbonyl (C=O) groups is 2. The fourth-order valence-corrected chi connectivity index (χ4v) is 2.64. The largest absolute Gasteiger partial charge is 0.480 e. The SMILES string of the molecule is CC(C)CC(NC(=O)C1CCC(CN)CC1)C(=O)O. The van der Waals surface area contributed by atoms with E-state index < -0.39 is 12.0 Å². The highest BCUT2D eigenvalue weighted by Gasteiger charge is 2.29. The smallest absolute Gasteiger partial charge is 0.326 e. The number of amides is 1. The third-order valence-corrected chi connectivity index (χ3v) is 3.87. The molecule has 0 saturated heterocycles. The molecule has 1 rings (SSSR count). The lowest BCUT2D eigenvalue weighted by Gasteiger charge is -2.28. The summed E-state index contributed by atoms with van der Waals surface area (Å²) in [6.07, 6.45) is 4.05. The van der Waals surface area contributed by atoms with Gasteiger partial charge in [-0.05, 0) is 50.5 Å². The lowest BCUT2D eigenvalue weighted by molar-refractivity contribution is -0.143. The van der Waals surface area contributed by atoms with Crippen molar-refractivity contribution in [2.75, 3.05) is 6.54 Å². The maximum Gasteiger partial charge on any atom is 0.326 e. The summed E-state index contributed by atoms with van der Waals surface area (Å²) in [4.78, 5) is 23.2. The van der Waals surface area contributed by atoms with Gasteiger partial charge in [-0.2, -0.15) is 0 Å². The summed E-state index contributed by atoms with van der Waals surface area (Å²) in [6, 6.07) is -0.764. The first-order valence-corrected chi connectivity index (χ1v) is 7.17. The highest BCUT2D eigenvalue weighted by atomic mass is 16.4. The first kappa shape index (κ1) is 16.0. The first-order chi connectivity index (χ1) is 8.93. The topological polar surface area (TPSA) is 92.4 Å². The zero-order valence-corrected chi connectivity index (χ0v) is 11.9. The van der Waals surface area contributed by atoms with E-state index in [0.717, 1.165) is 25.7 Å². The Hall–Kier alpha value is -1.10. The van der Waals surface area contributed by atoms with Gasteiger partial charge in [-0.3, -0.25) is 4.79 Å². The minimum Gasteiger partial charge on any atom is -0.480 e. The second-order valence-electron chi connectivity index (χ2n) is 5.98. The van der Waals surface area contributed by atoms with Gasteiger partial charge >= 0.3 is 5.97 Å². The number of aliphatic carboxylic acids is 1. The summed E-state index contributed by atoms with van der Waals surface area (Å²) < 4.78 is 0. The van der Waals surface area contributed by atoms with Gasteiger partial charge in [-0.25, -0.2) is 4.79 Å². The van der Waals surface area contributed by atoms with Gasteiger partial charge in [0.15, 0.2) is 0 Å². The van der Waals surface area contributed by atoms with Gasteiger partial charge in [0.2, 0.25) is 5.91 Å². The molecule has 0 heterocycles. The molecule has 1 aliphatic carbocycles. The van der Waals surface area contributed by atoms with Gasteiger partial charge < -0.3 is 16.2 Å². The molecule has 4 N–H and O–H groups in total. The van der Waals surface area contributed by atoms with Crippen molar-refractivity contribution >= 4 is 11.9 Å². The number of hydrogen-bond acceptors (Lipinski definition) is 3. The monoisotopic (exact) mass is 270 g/mol. The molecular formula is C14H26N2O3. The van der Waals surface area contributed by atoms with Crippen LogP contribution in [0.3, 0.4) is 0 Å². The normalized spacial score (nSPS) is 25.1. The lowest BCUT2D eigenvalue weighted by Crippen LogP contribution is -2.45. The summed E-state index contributed by atoms with van der Waals surface area (Å²) in [5.41, 5.74) is 5.62. The number of hydrogen-bond donors (Lipinski definition) is 3. The zero-order valence-electron chi connectivity index (χ0n) is 11.9. The molecule has 0 bridgehead atoms. The Morgan fingerprint density at radius 3 is 2.26 bits per heavy atom. The summed E-state index contributed by atoms with van der Waals surface area (Å²) in [7, 11) is 0. The second kappa shape index (κ2) is 7.48. The number of nitrogens with two attached hydrogens (primary N) is 1. The van der Waals surface area contributed by atoms with E-state index in [1.165, 1.54) is 0 Å². The number of nitrogens with one attached hydrogen (secondary N) is 1. The van der Waals surface area contributed by atoms with E-state index in [1.54, 1.807) is 0 Å². The molecule has 0 aliphatic heterocycles. The fraction of sp³-hybridized carbons (Fsp3) is 0.857. The van der Waals surface area contributed by atoms with Crippen LogP contribution in [0.1, 0.15) is 46.0 Å². The third kappa shape index (κ3) is 5.19. The quantitative estimate of drug-likeness (QED) is 0.679. The van der Waals surface area contributed by atoms with E-state index in [2.05, 4.69) is 5.32 Å². The van der Waals surface area contributed by atoms with E-state index in [4.69, 9.17) is 10.8 Å². The van der Waals surface area contributed by atoms with E-state index in [0.29, 0.717) is 18.9 Å². The van der Waals surface area contributed by atoms with Crippen LogP contribution in [0.15, 0.2) is 0 Å². The van der Waals surface area contributed by atoms with Crippen LogP contribution in [0.2, 0.25) is 0 Å². The Balaban J connectivity index is 2.46. The molecule has 1 aliphatic rings. The highest BCUT2D eigenvalue weighted by molar-refractivity contribution is 5.85. The predicted molar refractivity (Wildman–Crippen MR) is 73.5 cm³/mol. The molecule has 1 fully saturated rings. The molecule has 110 valence electrons. The van der Waals surface area contributed by atoms with Crippen LogP contribution in [-0.4, -0.2) is 29.6 Å². The molecule has 5 heteroatoms. The molecule has 0 radical (unpaired) electrons. The van der Waals surface area contributed by atoms with Crippen LogP contribution in [-0.2, 0) is 9.59 Å². The Morgan fingerprint density at radius 1 is 1.26 bits per heavy atom. The van der Waals surface area contributed by atoms with E-state index >= 15 is 0 Å². The van der Waals surface area contributed by atoms with Crippen LogP contribution in [0.5, 0.6) is 0 Å². The summed E-state index contributed by atoms with van der Waals surface area (Å²) >= 11 is 0. The molecule has 1 saturated carbocycles. The Kier molecular flexibility index (Phi) is 6.28. The van der Waals surface area contributed by atoms with Gasteiger partial charge in [0.05, 0.1) is 0 Å². The van der Waals surface area contributed by atoms with Crippen molar-refractivity contribution in [3.05, 3.63) is 0 Å². The van der Waals surface area contributed by atoms with Crippen molar-refractivity contribution in [1.82, 2.24) is 5.32 Å². The number of rotatable bonds is 6. The number of carboxylic acids is 1. The van der Waals surface area contributed by atoms with Gasteiger partial charge in [0, 0.05) is 5.92 Å². The molecule has 1 unspecified atom stereocenters. The fourth-order valence-electron chi connectivity index (χ4n) is 2.64. The highest BCUT2D eigenvalue weighted by Crippen LogP contribution is 2.28. The Bertz CT molecular complexity index is 310. The standard InChI is InChI=1S/C14H26N2O3/c1-9(2)7-12(14(18)19)16-13(17)11-5-3-10(8-15)4-6-11/h9-12H,3-8,15H2,1-2H3,(H,16,17)(H,18,19). The predicted octanol–water partition coefficient (Wildman–Crippen LogP) is 1.37. The summed E-state index contributed by atoms with van der Waals surface area (Å²) in [6.45, 7) is 4.59. The molecule has 1 atom stereocenters. The zero-order chi connectivity index (χ0) is 14.4. The number of carboxylic acid groups (broad SMARTS) is 1. The lowest BCUT2D eigenvalue weighted by atomic mass is 9.81. The van der Waals surface area contributed by atoms with Gasteiger partial charge in [0.1, 0.15) is 6.04 Å². The van der Waals surface area contributed by atoms with Gasteiger partial charge in [0.25, 0.3) is 0 Å². The summed E-state index contributed by atoms with van der Waals surface area (Å²) in [5.74, 6) is -0.331. The molecular weight excluding hydrogens is 244 g/mol. The van der Waals surface area contributed by atoms with Crippen LogP contribution < -0.4 is 11.1 Å². The van der Waals surface area contributed by atoms with Crippen molar-refractivity contribution in [3.63, 3.8) is 0 Å². The average molecular weight is 270 g/mol. The molecule has 0 aromatic rings. The minimum absolute atomic E-state index is 0.0446. The molecule has 19 heavy (non-hydrogen) atoms. The maximum atomic E-state index is 12.1. The second-order valence-corrected chi connectivity index (χ2v) is 5.98. The van der Waals surface area contributed by atoms with Crippen LogP contribution >= 0.6 is 0 Å². The molecule has 1 amide bonds. The van der Waals surface area contributed by atoms with Crippen molar-refractivity contribution in [2.45, 2.75) is 52.0 Å². The van der Waals surface area contributed by atoms with Crippen molar-refractivity contribution in [3.8, 4) is 0 Å². The molecule has 5 nitrogen and oxygen atoms in total. The van der Waals surface area contributed by atoms with Crippen LogP contribution in [0, 0.1) is 17.8 Å².